The second-order valence-electron chi connectivity index (χ2n) is 6.46. The number of benzene rings is 2. The highest BCUT2D eigenvalue weighted by molar-refractivity contribution is 6.00. The lowest BCUT2D eigenvalue weighted by Crippen LogP contribution is -2.51. The van der Waals surface area contributed by atoms with Gasteiger partial charge >= 0.3 is 6.03 Å². The molecule has 4 rings (SSSR count). The van der Waals surface area contributed by atoms with E-state index in [0.717, 1.165) is 5.56 Å². The molecule has 3 amide bonds. The van der Waals surface area contributed by atoms with E-state index in [-0.39, 0.29) is 19.2 Å². The fourth-order valence-corrected chi connectivity index (χ4v) is 3.70. The first-order chi connectivity index (χ1) is 12.5. The van der Waals surface area contributed by atoms with Crippen molar-refractivity contribution in [2.75, 3.05) is 31.7 Å². The van der Waals surface area contributed by atoms with Crippen LogP contribution in [0.4, 0.5) is 10.5 Å². The molecule has 1 atom stereocenters. The van der Waals surface area contributed by atoms with Gasteiger partial charge in [0.15, 0.2) is 0 Å². The fourth-order valence-electron chi connectivity index (χ4n) is 3.70. The number of methoxy groups -OCH3 is 1. The number of nitrogens with zero attached hydrogens (tertiary/aromatic N) is 2. The van der Waals surface area contributed by atoms with Gasteiger partial charge in [-0.3, -0.25) is 9.69 Å². The molecular formula is C19H19N3O4. The molecule has 134 valence electrons. The molecule has 1 saturated heterocycles. The largest absolute Gasteiger partial charge is 0.497 e. The predicted molar refractivity (Wildman–Crippen MR) is 95.3 cm³/mol. The number of carbonyl (C=O) groups excluding carboxylic acids is 2. The van der Waals surface area contributed by atoms with E-state index in [0.29, 0.717) is 23.7 Å². The normalized spacial score (nSPS) is 21.0. The van der Waals surface area contributed by atoms with E-state index in [9.17, 15) is 9.59 Å². The smallest absolute Gasteiger partial charge is 0.326 e. The van der Waals surface area contributed by atoms with Crippen molar-refractivity contribution >= 4 is 17.6 Å². The van der Waals surface area contributed by atoms with Crippen molar-refractivity contribution < 1.29 is 19.1 Å². The summed E-state index contributed by atoms with van der Waals surface area (Å²) in [6, 6.07) is 14.8. The summed E-state index contributed by atoms with van der Waals surface area (Å²) in [5.74, 6) is 0.678. The van der Waals surface area contributed by atoms with Crippen molar-refractivity contribution in [3.05, 3.63) is 54.1 Å². The highest BCUT2D eigenvalue weighted by Crippen LogP contribution is 2.48. The molecule has 2 N–H and O–H groups in total. The summed E-state index contributed by atoms with van der Waals surface area (Å²) in [5.41, 5.74) is 6.17. The van der Waals surface area contributed by atoms with Crippen LogP contribution in [0.2, 0.25) is 0 Å². The summed E-state index contributed by atoms with van der Waals surface area (Å²) in [6.45, 7) is 0.468. The Kier molecular flexibility index (Phi) is 3.72. The van der Waals surface area contributed by atoms with Gasteiger partial charge in [-0.25, -0.2) is 4.79 Å². The number of nitrogens with two attached hydrogens (primary N) is 1. The second kappa shape index (κ2) is 5.94. The SMILES string of the molecule is COc1ccc2c(c1)N1C(=O)N(CC(N)=O)CC1(c1ccccc1)CO2. The molecule has 7 nitrogen and oxygen atoms in total. The number of hydrogen-bond donors (Lipinski definition) is 1. The Hall–Kier alpha value is -3.22. The van der Waals surface area contributed by atoms with Crippen molar-refractivity contribution in [3.63, 3.8) is 0 Å². The molecule has 1 unspecified atom stereocenters. The minimum absolute atomic E-state index is 0.136. The lowest BCUT2D eigenvalue weighted by atomic mass is 9.88. The minimum atomic E-state index is -0.729. The van der Waals surface area contributed by atoms with Crippen LogP contribution in [0.15, 0.2) is 48.5 Å². The molecule has 2 aliphatic heterocycles. The molecule has 0 aliphatic carbocycles. The summed E-state index contributed by atoms with van der Waals surface area (Å²) in [6.07, 6.45) is 0. The van der Waals surface area contributed by atoms with Gasteiger partial charge in [0.05, 0.1) is 19.3 Å². The first-order valence-corrected chi connectivity index (χ1v) is 8.29. The molecule has 0 spiro atoms. The third-order valence-electron chi connectivity index (χ3n) is 4.87. The number of carbonyl (C=O) groups is 2. The Balaban J connectivity index is 1.88. The van der Waals surface area contributed by atoms with E-state index in [1.807, 2.05) is 30.3 Å². The monoisotopic (exact) mass is 353 g/mol. The van der Waals surface area contributed by atoms with Crippen molar-refractivity contribution in [1.82, 2.24) is 4.90 Å². The van der Waals surface area contributed by atoms with E-state index >= 15 is 0 Å². The average Bonchev–Trinajstić information content (AvgIpc) is 2.94. The van der Waals surface area contributed by atoms with Gasteiger partial charge in [0, 0.05) is 6.07 Å². The Morgan fingerprint density at radius 2 is 2.04 bits per heavy atom. The van der Waals surface area contributed by atoms with Crippen LogP contribution in [0.1, 0.15) is 5.56 Å². The lowest BCUT2D eigenvalue weighted by Gasteiger charge is -2.41. The highest BCUT2D eigenvalue weighted by Gasteiger charge is 2.55. The second-order valence-corrected chi connectivity index (χ2v) is 6.46. The Morgan fingerprint density at radius 3 is 2.73 bits per heavy atom. The lowest BCUT2D eigenvalue weighted by molar-refractivity contribution is -0.118. The Bertz CT molecular complexity index is 870. The number of hydrogen-bond acceptors (Lipinski definition) is 4. The maximum absolute atomic E-state index is 13.2. The van der Waals surface area contributed by atoms with Gasteiger partial charge in [-0.1, -0.05) is 30.3 Å². The molecule has 0 aromatic heterocycles. The quantitative estimate of drug-likeness (QED) is 0.907. The van der Waals surface area contributed by atoms with E-state index in [2.05, 4.69) is 0 Å². The summed E-state index contributed by atoms with van der Waals surface area (Å²) in [5, 5.41) is 0. The van der Waals surface area contributed by atoms with Crippen LogP contribution < -0.4 is 20.1 Å². The van der Waals surface area contributed by atoms with Gasteiger partial charge in [-0.2, -0.15) is 0 Å². The Morgan fingerprint density at radius 1 is 1.27 bits per heavy atom. The fraction of sp³-hybridized carbons (Fsp3) is 0.263. The van der Waals surface area contributed by atoms with E-state index in [4.69, 9.17) is 15.2 Å². The molecule has 2 aromatic rings. The van der Waals surface area contributed by atoms with Gasteiger partial charge in [-0.05, 0) is 17.7 Å². The zero-order chi connectivity index (χ0) is 18.3. The van der Waals surface area contributed by atoms with Crippen LogP contribution in [0.5, 0.6) is 11.5 Å². The summed E-state index contributed by atoms with van der Waals surface area (Å²) in [4.78, 5) is 27.8. The first kappa shape index (κ1) is 16.3. The predicted octanol–water partition coefficient (Wildman–Crippen LogP) is 1.71. The van der Waals surface area contributed by atoms with Crippen LogP contribution in [0.3, 0.4) is 0 Å². The van der Waals surface area contributed by atoms with Crippen LogP contribution >= 0.6 is 0 Å². The summed E-state index contributed by atoms with van der Waals surface area (Å²) < 4.78 is 11.3. The molecule has 2 heterocycles. The molecule has 1 fully saturated rings. The molecule has 2 aliphatic rings. The van der Waals surface area contributed by atoms with E-state index in [1.54, 1.807) is 30.2 Å². The van der Waals surface area contributed by atoms with E-state index < -0.39 is 11.4 Å². The van der Waals surface area contributed by atoms with Crippen LogP contribution in [0, 0.1) is 0 Å². The number of ether oxygens (including phenoxy) is 2. The third kappa shape index (κ3) is 2.35. The molecule has 0 saturated carbocycles. The van der Waals surface area contributed by atoms with Gasteiger partial charge in [0.25, 0.3) is 0 Å². The van der Waals surface area contributed by atoms with Crippen molar-refractivity contribution in [3.8, 4) is 11.5 Å². The highest BCUT2D eigenvalue weighted by atomic mass is 16.5. The van der Waals surface area contributed by atoms with Gasteiger partial charge in [0.2, 0.25) is 5.91 Å². The number of primary amides is 1. The molecule has 2 aromatic carbocycles. The van der Waals surface area contributed by atoms with Crippen LogP contribution in [0.25, 0.3) is 0 Å². The molecule has 7 heteroatoms. The standard InChI is InChI=1S/C19H19N3O4/c1-25-14-7-8-16-15(9-14)22-18(24)21(10-17(20)23)11-19(22,12-26-16)13-5-3-2-4-6-13/h2-9H,10-12H2,1H3,(H2,20,23). The zero-order valence-electron chi connectivity index (χ0n) is 14.3. The van der Waals surface area contributed by atoms with Crippen molar-refractivity contribution in [1.29, 1.82) is 0 Å². The number of urea groups is 1. The molecular weight excluding hydrogens is 334 g/mol. The summed E-state index contributed by atoms with van der Waals surface area (Å²) >= 11 is 0. The van der Waals surface area contributed by atoms with Gasteiger partial charge in [0.1, 0.15) is 30.2 Å². The van der Waals surface area contributed by atoms with Gasteiger partial charge < -0.3 is 20.1 Å². The van der Waals surface area contributed by atoms with E-state index in [1.165, 1.54) is 4.90 Å². The first-order valence-electron chi connectivity index (χ1n) is 8.29. The summed E-state index contributed by atoms with van der Waals surface area (Å²) in [7, 11) is 1.57. The molecule has 26 heavy (non-hydrogen) atoms. The average molecular weight is 353 g/mol. The molecule has 0 bridgehead atoms. The van der Waals surface area contributed by atoms with Crippen molar-refractivity contribution in [2.45, 2.75) is 5.54 Å². The third-order valence-corrected chi connectivity index (χ3v) is 4.87. The van der Waals surface area contributed by atoms with Crippen molar-refractivity contribution in [2.24, 2.45) is 5.73 Å². The maximum atomic E-state index is 13.2. The maximum Gasteiger partial charge on any atom is 0.326 e. The topological polar surface area (TPSA) is 85.1 Å². The van der Waals surface area contributed by atoms with Crippen LogP contribution in [-0.4, -0.2) is 43.6 Å². The number of fused-ring (bicyclic) bond motifs is 3. The Labute approximate surface area is 150 Å². The minimum Gasteiger partial charge on any atom is -0.497 e. The molecule has 0 radical (unpaired) electrons. The van der Waals surface area contributed by atoms with Crippen LogP contribution in [-0.2, 0) is 10.3 Å². The van der Waals surface area contributed by atoms with Gasteiger partial charge in [-0.15, -0.1) is 0 Å². The number of anilines is 1. The number of amides is 3. The zero-order valence-corrected chi connectivity index (χ0v) is 14.3. The number of rotatable bonds is 4.